The zero-order valence-electron chi connectivity index (χ0n) is 11.1. The third-order valence-corrected chi connectivity index (χ3v) is 4.67. The predicted octanol–water partition coefficient (Wildman–Crippen LogP) is 0.867. The van der Waals surface area contributed by atoms with Crippen molar-refractivity contribution in [3.63, 3.8) is 0 Å². The summed E-state index contributed by atoms with van der Waals surface area (Å²) < 4.78 is 28.5. The topological polar surface area (TPSA) is 76.0 Å². The molecule has 1 aromatic heterocycles. The fraction of sp³-hybridized carbons (Fsp3) is 0.308. The summed E-state index contributed by atoms with van der Waals surface area (Å²) >= 11 is 0. The summed E-state index contributed by atoms with van der Waals surface area (Å²) in [7, 11) is -1.89. The molecule has 7 heteroatoms. The normalized spacial score (nSPS) is 14.8. The summed E-state index contributed by atoms with van der Waals surface area (Å²) in [5, 5.41) is 7.16. The number of sulfonamides is 1. The molecule has 1 aliphatic heterocycles. The van der Waals surface area contributed by atoms with Gasteiger partial charge in [0.05, 0.1) is 6.20 Å². The maximum atomic E-state index is 12.2. The van der Waals surface area contributed by atoms with E-state index in [9.17, 15) is 8.42 Å². The summed E-state index contributed by atoms with van der Waals surface area (Å²) in [5.41, 5.74) is 2.99. The number of fused-ring (bicyclic) bond motifs is 1. The summed E-state index contributed by atoms with van der Waals surface area (Å²) in [6.45, 7) is 1.74. The lowest BCUT2D eigenvalue weighted by atomic mass is 10.0. The molecule has 2 heterocycles. The number of anilines is 1. The van der Waals surface area contributed by atoms with Gasteiger partial charge in [-0.05, 0) is 36.2 Å². The van der Waals surface area contributed by atoms with Crippen molar-refractivity contribution < 1.29 is 8.42 Å². The van der Waals surface area contributed by atoms with Gasteiger partial charge < -0.3 is 5.32 Å². The molecule has 20 heavy (non-hydrogen) atoms. The first-order valence-corrected chi connectivity index (χ1v) is 7.87. The van der Waals surface area contributed by atoms with Crippen LogP contribution in [0.3, 0.4) is 0 Å². The van der Waals surface area contributed by atoms with Gasteiger partial charge in [-0.15, -0.1) is 0 Å². The van der Waals surface area contributed by atoms with Gasteiger partial charge in [-0.1, -0.05) is 6.07 Å². The van der Waals surface area contributed by atoms with E-state index in [2.05, 4.69) is 15.1 Å². The number of nitrogens with zero attached hydrogens (tertiary/aromatic N) is 2. The Balaban J connectivity index is 1.87. The molecule has 6 nitrogen and oxygen atoms in total. The van der Waals surface area contributed by atoms with E-state index in [-0.39, 0.29) is 4.90 Å². The average molecular weight is 292 g/mol. The van der Waals surface area contributed by atoms with Crippen molar-refractivity contribution >= 4 is 15.7 Å². The molecule has 0 bridgehead atoms. The lowest BCUT2D eigenvalue weighted by Crippen LogP contribution is -2.23. The highest BCUT2D eigenvalue weighted by atomic mass is 32.2. The minimum absolute atomic E-state index is 0.163. The van der Waals surface area contributed by atoms with Gasteiger partial charge in [0, 0.05) is 25.5 Å². The molecule has 2 N–H and O–H groups in total. The Morgan fingerprint density at radius 2 is 2.20 bits per heavy atom. The zero-order valence-corrected chi connectivity index (χ0v) is 11.9. The van der Waals surface area contributed by atoms with Crippen LogP contribution in [0.5, 0.6) is 0 Å². The molecule has 0 aliphatic carbocycles. The first-order chi connectivity index (χ1) is 9.54. The van der Waals surface area contributed by atoms with Crippen LogP contribution in [0, 0.1) is 0 Å². The molecular weight excluding hydrogens is 276 g/mol. The number of rotatable bonds is 3. The van der Waals surface area contributed by atoms with Crippen LogP contribution in [0.1, 0.15) is 11.1 Å². The molecule has 0 amide bonds. The van der Waals surface area contributed by atoms with Crippen molar-refractivity contribution in [2.45, 2.75) is 17.9 Å². The molecular formula is C13H16N4O2S. The Morgan fingerprint density at radius 1 is 1.35 bits per heavy atom. The van der Waals surface area contributed by atoms with E-state index < -0.39 is 10.0 Å². The van der Waals surface area contributed by atoms with Crippen LogP contribution in [0.25, 0.3) is 0 Å². The van der Waals surface area contributed by atoms with Crippen molar-refractivity contribution in [3.8, 4) is 0 Å². The van der Waals surface area contributed by atoms with Gasteiger partial charge in [-0.25, -0.2) is 8.42 Å². The largest absolute Gasteiger partial charge is 0.312 e. The van der Waals surface area contributed by atoms with E-state index in [1.165, 1.54) is 22.6 Å². The monoisotopic (exact) mass is 292 g/mol. The minimum atomic E-state index is -3.57. The third-order valence-electron chi connectivity index (χ3n) is 3.34. The van der Waals surface area contributed by atoms with Crippen LogP contribution in [-0.4, -0.2) is 24.7 Å². The van der Waals surface area contributed by atoms with Crippen LogP contribution >= 0.6 is 0 Å². The Kier molecular flexibility index (Phi) is 3.23. The maximum Gasteiger partial charge on any atom is 0.265 e. The highest BCUT2D eigenvalue weighted by Crippen LogP contribution is 2.21. The lowest BCUT2D eigenvalue weighted by molar-refractivity contribution is 0.601. The van der Waals surface area contributed by atoms with Crippen LogP contribution in [-0.2, 0) is 30.0 Å². The predicted molar refractivity (Wildman–Crippen MR) is 75.9 cm³/mol. The molecule has 0 saturated carbocycles. The van der Waals surface area contributed by atoms with E-state index in [1.807, 2.05) is 12.1 Å². The van der Waals surface area contributed by atoms with E-state index >= 15 is 0 Å². The lowest BCUT2D eigenvalue weighted by Gasteiger charge is -2.18. The zero-order chi connectivity index (χ0) is 14.2. The molecule has 1 aromatic carbocycles. The standard InChI is InChI=1S/C13H16N4O2S/c1-17-9-13(8-15-17)20(18,19)16-12-3-2-10-4-5-14-7-11(10)6-12/h2-3,6,8-9,14,16H,4-5,7H2,1H3. The SMILES string of the molecule is Cn1cc(S(=O)(=O)Nc2ccc3c(c2)CNCC3)cn1. The summed E-state index contributed by atoms with van der Waals surface area (Å²) in [6, 6.07) is 5.67. The number of aromatic nitrogens is 2. The highest BCUT2D eigenvalue weighted by molar-refractivity contribution is 7.92. The van der Waals surface area contributed by atoms with Crippen molar-refractivity contribution in [1.82, 2.24) is 15.1 Å². The van der Waals surface area contributed by atoms with Crippen LogP contribution < -0.4 is 10.0 Å². The number of hydrogen-bond donors (Lipinski definition) is 2. The van der Waals surface area contributed by atoms with Crippen molar-refractivity contribution in [2.24, 2.45) is 7.05 Å². The first-order valence-electron chi connectivity index (χ1n) is 6.38. The molecule has 0 saturated heterocycles. The smallest absolute Gasteiger partial charge is 0.265 e. The number of nitrogens with one attached hydrogen (secondary N) is 2. The van der Waals surface area contributed by atoms with E-state index in [1.54, 1.807) is 13.1 Å². The molecule has 1 aliphatic rings. The number of hydrogen-bond acceptors (Lipinski definition) is 4. The van der Waals surface area contributed by atoms with E-state index in [0.717, 1.165) is 25.1 Å². The fourth-order valence-electron chi connectivity index (χ4n) is 2.30. The van der Waals surface area contributed by atoms with Gasteiger partial charge in [0.25, 0.3) is 10.0 Å². The van der Waals surface area contributed by atoms with Gasteiger partial charge in [-0.3, -0.25) is 9.40 Å². The van der Waals surface area contributed by atoms with Crippen LogP contribution in [0.4, 0.5) is 5.69 Å². The van der Waals surface area contributed by atoms with Crippen molar-refractivity contribution in [3.05, 3.63) is 41.7 Å². The first kappa shape index (κ1) is 13.1. The van der Waals surface area contributed by atoms with E-state index in [4.69, 9.17) is 0 Å². The average Bonchev–Trinajstić information content (AvgIpc) is 2.86. The van der Waals surface area contributed by atoms with Gasteiger partial charge in [0.15, 0.2) is 0 Å². The molecule has 0 atom stereocenters. The molecule has 0 fully saturated rings. The third kappa shape index (κ3) is 2.54. The van der Waals surface area contributed by atoms with Crippen LogP contribution in [0.15, 0.2) is 35.5 Å². The Labute approximate surface area is 117 Å². The minimum Gasteiger partial charge on any atom is -0.312 e. The quantitative estimate of drug-likeness (QED) is 0.880. The summed E-state index contributed by atoms with van der Waals surface area (Å²) in [6.07, 6.45) is 3.79. The summed E-state index contributed by atoms with van der Waals surface area (Å²) in [4.78, 5) is 0.163. The molecule has 0 radical (unpaired) electrons. The van der Waals surface area contributed by atoms with E-state index in [0.29, 0.717) is 5.69 Å². The Bertz CT molecular complexity index is 737. The fourth-order valence-corrected chi connectivity index (χ4v) is 3.33. The Hall–Kier alpha value is -1.86. The number of benzene rings is 1. The van der Waals surface area contributed by atoms with Gasteiger partial charge in [0.1, 0.15) is 4.90 Å². The van der Waals surface area contributed by atoms with Crippen LogP contribution in [0.2, 0.25) is 0 Å². The molecule has 2 aromatic rings. The second-order valence-electron chi connectivity index (χ2n) is 4.87. The second-order valence-corrected chi connectivity index (χ2v) is 6.55. The van der Waals surface area contributed by atoms with Gasteiger partial charge in [0.2, 0.25) is 0 Å². The summed E-state index contributed by atoms with van der Waals surface area (Å²) in [5.74, 6) is 0. The molecule has 0 unspecified atom stereocenters. The van der Waals surface area contributed by atoms with Gasteiger partial charge in [-0.2, -0.15) is 5.10 Å². The van der Waals surface area contributed by atoms with Gasteiger partial charge >= 0.3 is 0 Å². The molecule has 0 spiro atoms. The van der Waals surface area contributed by atoms with Crippen molar-refractivity contribution in [1.29, 1.82) is 0 Å². The molecule has 106 valence electrons. The number of aryl methyl sites for hydroxylation is 1. The maximum absolute atomic E-state index is 12.2. The second kappa shape index (κ2) is 4.92. The highest BCUT2D eigenvalue weighted by Gasteiger charge is 2.17. The van der Waals surface area contributed by atoms with Crippen molar-refractivity contribution in [2.75, 3.05) is 11.3 Å². The molecule has 3 rings (SSSR count). The Morgan fingerprint density at radius 3 is 2.95 bits per heavy atom.